The minimum Gasteiger partial charge on any atom is -0.261 e. The van der Waals surface area contributed by atoms with Crippen LogP contribution in [0.4, 0.5) is 5.69 Å². The predicted molar refractivity (Wildman–Crippen MR) is 97.8 cm³/mol. The van der Waals surface area contributed by atoms with E-state index in [2.05, 4.69) is 38.4 Å². The van der Waals surface area contributed by atoms with E-state index in [0.29, 0.717) is 11.8 Å². The molecule has 0 N–H and O–H groups in total. The van der Waals surface area contributed by atoms with Crippen LogP contribution in [0.5, 0.6) is 0 Å². The van der Waals surface area contributed by atoms with Gasteiger partial charge in [-0.25, -0.2) is 0 Å². The Hall–Kier alpha value is -1.67. The van der Waals surface area contributed by atoms with Crippen LogP contribution in [0.3, 0.4) is 0 Å². The molecule has 116 valence electrons. The fourth-order valence-electron chi connectivity index (χ4n) is 2.87. The number of benzene rings is 1. The molecule has 1 heterocycles. The van der Waals surface area contributed by atoms with Gasteiger partial charge in [0.25, 0.3) is 0 Å². The molecule has 1 unspecified atom stereocenters. The van der Waals surface area contributed by atoms with Crippen LogP contribution >= 0.6 is 11.6 Å². The van der Waals surface area contributed by atoms with Crippen molar-refractivity contribution >= 4 is 28.7 Å². The SMILES string of the molecule is C=CN=C(/C(=C\C)C1=Nc2ccc(Cl)cc2C(C)C1)C(C)C. The van der Waals surface area contributed by atoms with Crippen molar-refractivity contribution in [3.05, 3.63) is 53.2 Å². The van der Waals surface area contributed by atoms with Crippen molar-refractivity contribution in [3.8, 4) is 0 Å². The lowest BCUT2D eigenvalue weighted by molar-refractivity contribution is 0.790. The minimum absolute atomic E-state index is 0.328. The lowest BCUT2D eigenvalue weighted by Gasteiger charge is -2.25. The van der Waals surface area contributed by atoms with Crippen LogP contribution in [0, 0.1) is 5.92 Å². The van der Waals surface area contributed by atoms with Gasteiger partial charge in [-0.1, -0.05) is 45.0 Å². The van der Waals surface area contributed by atoms with Gasteiger partial charge in [0.2, 0.25) is 0 Å². The standard InChI is InChI=1S/C19H23ClN2/c1-6-15(19(12(3)4)21-7-2)18-10-13(5)16-11-14(20)8-9-17(16)22-18/h6-9,11-13H,2,10H2,1,3-5H3/b15-6-,21-19?. The Morgan fingerprint density at radius 3 is 2.77 bits per heavy atom. The molecule has 0 fully saturated rings. The molecule has 0 aromatic heterocycles. The van der Waals surface area contributed by atoms with E-state index in [1.165, 1.54) is 5.56 Å². The van der Waals surface area contributed by atoms with E-state index in [0.717, 1.165) is 34.1 Å². The highest BCUT2D eigenvalue weighted by molar-refractivity contribution is 6.31. The Morgan fingerprint density at radius 1 is 1.45 bits per heavy atom. The maximum atomic E-state index is 6.11. The highest BCUT2D eigenvalue weighted by Crippen LogP contribution is 2.37. The maximum Gasteiger partial charge on any atom is 0.0669 e. The van der Waals surface area contributed by atoms with E-state index in [1.54, 1.807) is 6.20 Å². The Kier molecular flexibility index (Phi) is 5.36. The van der Waals surface area contributed by atoms with Gasteiger partial charge in [0.1, 0.15) is 0 Å². The average Bonchev–Trinajstić information content (AvgIpc) is 2.48. The quantitative estimate of drug-likeness (QED) is 0.599. The predicted octanol–water partition coefficient (Wildman–Crippen LogP) is 6.11. The van der Waals surface area contributed by atoms with Crippen LogP contribution in [0.25, 0.3) is 0 Å². The molecule has 2 rings (SSSR count). The summed E-state index contributed by atoms with van der Waals surface area (Å²) >= 11 is 6.11. The van der Waals surface area contributed by atoms with Crippen molar-refractivity contribution in [1.82, 2.24) is 0 Å². The van der Waals surface area contributed by atoms with Crippen LogP contribution in [0.2, 0.25) is 5.02 Å². The van der Waals surface area contributed by atoms with Gasteiger partial charge in [0.05, 0.1) is 17.1 Å². The third-order valence-electron chi connectivity index (χ3n) is 3.93. The first-order valence-corrected chi connectivity index (χ1v) is 8.08. The van der Waals surface area contributed by atoms with Crippen LogP contribution in [0.1, 0.15) is 45.6 Å². The lowest BCUT2D eigenvalue weighted by Crippen LogP contribution is -2.21. The molecule has 1 aromatic carbocycles. The Bertz CT molecular complexity index is 666. The monoisotopic (exact) mass is 314 g/mol. The topological polar surface area (TPSA) is 24.7 Å². The molecule has 1 atom stereocenters. The van der Waals surface area contributed by atoms with Gasteiger partial charge in [0, 0.05) is 16.8 Å². The van der Waals surface area contributed by atoms with Crippen molar-refractivity contribution in [2.75, 3.05) is 0 Å². The zero-order chi connectivity index (χ0) is 16.3. The molecule has 22 heavy (non-hydrogen) atoms. The van der Waals surface area contributed by atoms with Crippen molar-refractivity contribution in [2.45, 2.75) is 40.0 Å². The van der Waals surface area contributed by atoms with Crippen molar-refractivity contribution in [2.24, 2.45) is 15.9 Å². The summed E-state index contributed by atoms with van der Waals surface area (Å²) in [6, 6.07) is 5.93. The molecule has 3 heteroatoms. The van der Waals surface area contributed by atoms with E-state index in [1.807, 2.05) is 25.1 Å². The van der Waals surface area contributed by atoms with Gasteiger partial charge in [-0.05, 0) is 48.9 Å². The Labute approximate surface area is 138 Å². The number of rotatable bonds is 4. The molecule has 0 aliphatic carbocycles. The van der Waals surface area contributed by atoms with Gasteiger partial charge in [-0.2, -0.15) is 0 Å². The molecule has 1 aromatic rings. The summed E-state index contributed by atoms with van der Waals surface area (Å²) in [5, 5.41) is 0.770. The van der Waals surface area contributed by atoms with Crippen molar-refractivity contribution in [3.63, 3.8) is 0 Å². The first kappa shape index (κ1) is 16.7. The molecule has 1 aliphatic heterocycles. The third-order valence-corrected chi connectivity index (χ3v) is 4.16. The molecule has 0 amide bonds. The molecule has 0 saturated heterocycles. The van der Waals surface area contributed by atoms with Gasteiger partial charge in [-0.3, -0.25) is 9.98 Å². The summed E-state index contributed by atoms with van der Waals surface area (Å²) < 4.78 is 0. The largest absolute Gasteiger partial charge is 0.261 e. The summed E-state index contributed by atoms with van der Waals surface area (Å²) in [7, 11) is 0. The summed E-state index contributed by atoms with van der Waals surface area (Å²) in [5.74, 6) is 0.724. The fraction of sp³-hybridized carbons (Fsp3) is 0.368. The molecule has 0 saturated carbocycles. The van der Waals surface area contributed by atoms with Gasteiger partial charge < -0.3 is 0 Å². The summed E-state index contributed by atoms with van der Waals surface area (Å²) in [4.78, 5) is 9.34. The smallest absolute Gasteiger partial charge is 0.0669 e. The number of hydrogen-bond donors (Lipinski definition) is 0. The van der Waals surface area contributed by atoms with Crippen LogP contribution in [-0.4, -0.2) is 11.4 Å². The van der Waals surface area contributed by atoms with E-state index < -0.39 is 0 Å². The number of halogens is 1. The molecule has 0 spiro atoms. The zero-order valence-corrected chi connectivity index (χ0v) is 14.5. The number of hydrogen-bond acceptors (Lipinski definition) is 2. The molecule has 1 aliphatic rings. The van der Waals surface area contributed by atoms with E-state index in [4.69, 9.17) is 16.6 Å². The highest BCUT2D eigenvalue weighted by Gasteiger charge is 2.24. The van der Waals surface area contributed by atoms with Crippen molar-refractivity contribution in [1.29, 1.82) is 0 Å². The second-order valence-corrected chi connectivity index (χ2v) is 6.36. The molecule has 0 radical (unpaired) electrons. The second-order valence-electron chi connectivity index (χ2n) is 5.92. The normalized spacial score (nSPS) is 19.0. The number of fused-ring (bicyclic) bond motifs is 1. The number of aliphatic imine (C=N–C) groups is 2. The number of allylic oxidation sites excluding steroid dienone is 2. The minimum atomic E-state index is 0.328. The molecular weight excluding hydrogens is 292 g/mol. The number of nitrogens with zero attached hydrogens (tertiary/aromatic N) is 2. The first-order valence-electron chi connectivity index (χ1n) is 7.70. The van der Waals surface area contributed by atoms with Gasteiger partial charge in [-0.15, -0.1) is 0 Å². The fourth-order valence-corrected chi connectivity index (χ4v) is 3.05. The van der Waals surface area contributed by atoms with E-state index in [9.17, 15) is 0 Å². The van der Waals surface area contributed by atoms with E-state index >= 15 is 0 Å². The van der Waals surface area contributed by atoms with Gasteiger partial charge in [0.15, 0.2) is 0 Å². The van der Waals surface area contributed by atoms with Crippen LogP contribution < -0.4 is 0 Å². The molecular formula is C19H23ClN2. The zero-order valence-electron chi connectivity index (χ0n) is 13.7. The summed E-state index contributed by atoms with van der Waals surface area (Å²) in [5.41, 5.74) is 5.50. The highest BCUT2D eigenvalue weighted by atomic mass is 35.5. The van der Waals surface area contributed by atoms with E-state index in [-0.39, 0.29) is 0 Å². The van der Waals surface area contributed by atoms with Crippen molar-refractivity contribution < 1.29 is 0 Å². The summed E-state index contributed by atoms with van der Waals surface area (Å²) in [6.45, 7) is 12.3. The average molecular weight is 315 g/mol. The van der Waals surface area contributed by atoms with Crippen LogP contribution in [-0.2, 0) is 0 Å². The third kappa shape index (κ3) is 3.38. The Morgan fingerprint density at radius 2 is 2.18 bits per heavy atom. The molecule has 0 bridgehead atoms. The second kappa shape index (κ2) is 7.06. The maximum absolute atomic E-state index is 6.11. The summed E-state index contributed by atoms with van der Waals surface area (Å²) in [6.07, 6.45) is 4.62. The first-order chi connectivity index (χ1) is 10.5. The molecule has 2 nitrogen and oxygen atoms in total. The lowest BCUT2D eigenvalue weighted by atomic mass is 9.85. The Balaban J connectivity index is 2.50. The van der Waals surface area contributed by atoms with Crippen LogP contribution in [0.15, 0.2) is 52.6 Å². The van der Waals surface area contributed by atoms with Gasteiger partial charge >= 0.3 is 0 Å².